The third-order valence-corrected chi connectivity index (χ3v) is 8.34. The first kappa shape index (κ1) is 34.9. The van der Waals surface area contributed by atoms with Crippen molar-refractivity contribution >= 4 is 0 Å². The summed E-state index contributed by atoms with van der Waals surface area (Å²) in [6.07, 6.45) is 2.54. The number of methoxy groups -OCH3 is 5. The number of hydrogen-bond donors (Lipinski definition) is 3. The van der Waals surface area contributed by atoms with Gasteiger partial charge in [-0.3, -0.25) is 0 Å². The second-order valence-corrected chi connectivity index (χ2v) is 11.4. The molecule has 0 fully saturated rings. The standard InChI is InChI=1S/C38H46O9/c1-9-11-23-16-34(45-7)38(35(17-23)46-8)47-30(10-2)26-19-28(37(41)33(21-26)44-6)27-18-25(20-32(43-5)36(27)40)22(3)14-24-12-13-29(39)31(15-24)42-4/h12-13,15-22,30,39-41H,9-11,14H2,1-8H3. The highest BCUT2D eigenvalue weighted by molar-refractivity contribution is 5.81. The first-order valence-corrected chi connectivity index (χ1v) is 15.7. The summed E-state index contributed by atoms with van der Waals surface area (Å²) in [4.78, 5) is 0. The molecule has 9 heteroatoms. The van der Waals surface area contributed by atoms with Crippen LogP contribution >= 0.6 is 0 Å². The SMILES string of the molecule is CCCc1cc(OC)c(OC(CC)c2cc(OC)c(O)c(-c3cc(C(C)Cc4ccc(O)c(OC)c4)cc(OC)c3O)c2)c(OC)c1. The number of hydrogen-bond acceptors (Lipinski definition) is 9. The average molecular weight is 647 g/mol. The number of rotatable bonds is 15. The fraction of sp³-hybridized carbons (Fsp3) is 0.368. The van der Waals surface area contributed by atoms with Crippen molar-refractivity contribution in [2.24, 2.45) is 0 Å². The molecule has 0 amide bonds. The van der Waals surface area contributed by atoms with Crippen molar-refractivity contribution in [2.75, 3.05) is 35.5 Å². The summed E-state index contributed by atoms with van der Waals surface area (Å²) < 4.78 is 34.5. The maximum atomic E-state index is 11.4. The minimum absolute atomic E-state index is 0.0351. The molecular formula is C38H46O9. The van der Waals surface area contributed by atoms with Crippen LogP contribution in [0, 0.1) is 0 Å². The van der Waals surface area contributed by atoms with Crippen molar-refractivity contribution in [3.05, 3.63) is 76.9 Å². The second kappa shape index (κ2) is 15.6. The molecule has 9 nitrogen and oxygen atoms in total. The fourth-order valence-corrected chi connectivity index (χ4v) is 5.78. The van der Waals surface area contributed by atoms with Crippen LogP contribution in [0.25, 0.3) is 11.1 Å². The lowest BCUT2D eigenvalue weighted by atomic mass is 9.89. The lowest BCUT2D eigenvalue weighted by Crippen LogP contribution is -2.09. The zero-order chi connectivity index (χ0) is 34.2. The molecule has 0 saturated carbocycles. The molecule has 0 radical (unpaired) electrons. The zero-order valence-corrected chi connectivity index (χ0v) is 28.5. The molecule has 0 heterocycles. The highest BCUT2D eigenvalue weighted by atomic mass is 16.5. The van der Waals surface area contributed by atoms with Crippen LogP contribution in [0.15, 0.2) is 54.6 Å². The van der Waals surface area contributed by atoms with Gasteiger partial charge in [-0.25, -0.2) is 0 Å². The molecule has 2 atom stereocenters. The van der Waals surface area contributed by atoms with Gasteiger partial charge in [-0.05, 0) is 96.0 Å². The molecule has 0 aliphatic rings. The Morgan fingerprint density at radius 3 is 1.62 bits per heavy atom. The Hall–Kier alpha value is -4.92. The number of phenols is 3. The van der Waals surface area contributed by atoms with E-state index in [0.29, 0.717) is 52.5 Å². The van der Waals surface area contributed by atoms with Gasteiger partial charge in [0.2, 0.25) is 5.75 Å². The average Bonchev–Trinajstić information content (AvgIpc) is 3.08. The molecule has 252 valence electrons. The maximum absolute atomic E-state index is 11.4. The summed E-state index contributed by atoms with van der Waals surface area (Å²) in [5, 5.41) is 32.8. The van der Waals surface area contributed by atoms with Crippen molar-refractivity contribution in [2.45, 2.75) is 58.5 Å². The number of ether oxygens (including phenoxy) is 6. The molecule has 0 saturated heterocycles. The van der Waals surface area contributed by atoms with Gasteiger partial charge in [0.05, 0.1) is 35.5 Å². The Morgan fingerprint density at radius 2 is 1.11 bits per heavy atom. The van der Waals surface area contributed by atoms with E-state index in [2.05, 4.69) is 13.8 Å². The number of benzene rings is 4. The van der Waals surface area contributed by atoms with Gasteiger partial charge >= 0.3 is 0 Å². The number of aromatic hydroxyl groups is 3. The minimum Gasteiger partial charge on any atom is -0.504 e. The van der Waals surface area contributed by atoms with Gasteiger partial charge in [-0.2, -0.15) is 0 Å². The summed E-state index contributed by atoms with van der Waals surface area (Å²) in [6.45, 7) is 6.16. The zero-order valence-electron chi connectivity index (χ0n) is 28.5. The lowest BCUT2D eigenvalue weighted by Gasteiger charge is -2.24. The van der Waals surface area contributed by atoms with Crippen LogP contribution in [0.4, 0.5) is 0 Å². The lowest BCUT2D eigenvalue weighted by molar-refractivity contribution is 0.183. The van der Waals surface area contributed by atoms with Crippen molar-refractivity contribution in [3.8, 4) is 62.9 Å². The van der Waals surface area contributed by atoms with Gasteiger partial charge in [0.1, 0.15) is 6.10 Å². The summed E-state index contributed by atoms with van der Waals surface area (Å²) in [5.41, 5.74) is 4.36. The van der Waals surface area contributed by atoms with E-state index in [4.69, 9.17) is 28.4 Å². The predicted octanol–water partition coefficient (Wildman–Crippen LogP) is 8.34. The third kappa shape index (κ3) is 7.56. The van der Waals surface area contributed by atoms with E-state index in [-0.39, 0.29) is 34.7 Å². The molecule has 0 spiro atoms. The summed E-state index contributed by atoms with van der Waals surface area (Å²) in [5.74, 6) is 2.28. The first-order valence-electron chi connectivity index (χ1n) is 15.7. The van der Waals surface area contributed by atoms with Gasteiger partial charge in [0, 0.05) is 11.1 Å². The Kier molecular flexibility index (Phi) is 11.6. The van der Waals surface area contributed by atoms with Crippen LogP contribution in [0.1, 0.15) is 67.9 Å². The normalized spacial score (nSPS) is 12.3. The van der Waals surface area contributed by atoms with E-state index in [1.54, 1.807) is 44.6 Å². The van der Waals surface area contributed by atoms with Gasteiger partial charge < -0.3 is 43.7 Å². The van der Waals surface area contributed by atoms with E-state index in [1.807, 2.05) is 31.2 Å². The monoisotopic (exact) mass is 646 g/mol. The van der Waals surface area contributed by atoms with E-state index < -0.39 is 6.10 Å². The van der Waals surface area contributed by atoms with Crippen LogP contribution in [0.3, 0.4) is 0 Å². The molecular weight excluding hydrogens is 600 g/mol. The predicted molar refractivity (Wildman–Crippen MR) is 182 cm³/mol. The Morgan fingerprint density at radius 1 is 0.596 bits per heavy atom. The highest BCUT2D eigenvalue weighted by Crippen LogP contribution is 2.49. The van der Waals surface area contributed by atoms with Gasteiger partial charge in [-0.1, -0.05) is 33.3 Å². The van der Waals surface area contributed by atoms with E-state index in [9.17, 15) is 15.3 Å². The highest BCUT2D eigenvalue weighted by Gasteiger charge is 2.25. The smallest absolute Gasteiger partial charge is 0.204 e. The molecule has 47 heavy (non-hydrogen) atoms. The maximum Gasteiger partial charge on any atom is 0.204 e. The topological polar surface area (TPSA) is 116 Å². The van der Waals surface area contributed by atoms with Crippen LogP contribution in [0.5, 0.6) is 51.7 Å². The van der Waals surface area contributed by atoms with Crippen LogP contribution in [-0.2, 0) is 12.8 Å². The molecule has 4 rings (SSSR count). The first-order chi connectivity index (χ1) is 22.6. The van der Waals surface area contributed by atoms with Crippen molar-refractivity contribution in [1.82, 2.24) is 0 Å². The molecule has 2 unspecified atom stereocenters. The van der Waals surface area contributed by atoms with E-state index >= 15 is 0 Å². The summed E-state index contributed by atoms with van der Waals surface area (Å²) in [7, 11) is 7.68. The van der Waals surface area contributed by atoms with Crippen LogP contribution in [0.2, 0.25) is 0 Å². The van der Waals surface area contributed by atoms with Crippen LogP contribution in [-0.4, -0.2) is 50.9 Å². The quantitative estimate of drug-likeness (QED) is 0.117. The molecule has 0 bridgehead atoms. The van der Waals surface area contributed by atoms with Gasteiger partial charge in [0.25, 0.3) is 0 Å². The van der Waals surface area contributed by atoms with Gasteiger partial charge in [-0.15, -0.1) is 0 Å². The molecule has 0 aromatic heterocycles. The fourth-order valence-electron chi connectivity index (χ4n) is 5.78. The summed E-state index contributed by atoms with van der Waals surface area (Å²) in [6, 6.07) is 16.3. The third-order valence-electron chi connectivity index (χ3n) is 8.34. The van der Waals surface area contributed by atoms with Crippen molar-refractivity contribution in [3.63, 3.8) is 0 Å². The molecule has 0 aliphatic heterocycles. The van der Waals surface area contributed by atoms with E-state index in [0.717, 1.165) is 29.5 Å². The summed E-state index contributed by atoms with van der Waals surface area (Å²) >= 11 is 0. The number of phenolic OH excluding ortho intramolecular Hbond substituents is 3. The Balaban J connectivity index is 1.80. The molecule has 3 N–H and O–H groups in total. The Labute approximate surface area is 277 Å². The molecule has 0 aliphatic carbocycles. The van der Waals surface area contributed by atoms with Crippen molar-refractivity contribution < 1.29 is 43.7 Å². The number of aryl methyl sites for hydroxylation is 1. The van der Waals surface area contributed by atoms with Crippen molar-refractivity contribution in [1.29, 1.82) is 0 Å². The van der Waals surface area contributed by atoms with Crippen LogP contribution < -0.4 is 28.4 Å². The molecule has 4 aromatic carbocycles. The molecule has 4 aromatic rings. The Bertz CT molecular complexity index is 1660. The van der Waals surface area contributed by atoms with E-state index in [1.165, 1.54) is 21.3 Å². The largest absolute Gasteiger partial charge is 0.504 e. The van der Waals surface area contributed by atoms with Gasteiger partial charge in [0.15, 0.2) is 46.0 Å². The minimum atomic E-state index is -0.487. The second-order valence-electron chi connectivity index (χ2n) is 11.4.